The first kappa shape index (κ1) is 13.9. The minimum Gasteiger partial charge on any atom is -0.494 e. The first-order valence-corrected chi connectivity index (χ1v) is 6.97. The molecule has 1 aromatic carbocycles. The molecular formula is C15H22N2O2. The van der Waals surface area contributed by atoms with Crippen LogP contribution in [0.5, 0.6) is 5.75 Å². The summed E-state index contributed by atoms with van der Waals surface area (Å²) in [5.74, 6) is 1.51. The van der Waals surface area contributed by atoms with Gasteiger partial charge in [-0.2, -0.15) is 0 Å². The third-order valence-electron chi connectivity index (χ3n) is 3.36. The molecule has 4 heteroatoms. The van der Waals surface area contributed by atoms with Gasteiger partial charge in [-0.3, -0.25) is 4.79 Å². The molecule has 1 fully saturated rings. The molecule has 1 aliphatic rings. The second kappa shape index (κ2) is 7.14. The van der Waals surface area contributed by atoms with Gasteiger partial charge in [-0.15, -0.1) is 0 Å². The molecule has 1 heterocycles. The van der Waals surface area contributed by atoms with E-state index in [1.54, 1.807) is 0 Å². The van der Waals surface area contributed by atoms with Crippen molar-refractivity contribution in [2.24, 2.45) is 5.92 Å². The minimum absolute atomic E-state index is 0.141. The monoisotopic (exact) mass is 262 g/mol. The molecule has 0 aliphatic carbocycles. The van der Waals surface area contributed by atoms with Crippen molar-refractivity contribution in [3.63, 3.8) is 0 Å². The fraction of sp³-hybridized carbons (Fsp3) is 0.533. The summed E-state index contributed by atoms with van der Waals surface area (Å²) in [6.45, 7) is 5.23. The van der Waals surface area contributed by atoms with Crippen LogP contribution in [0, 0.1) is 5.92 Å². The van der Waals surface area contributed by atoms with Crippen LogP contribution >= 0.6 is 0 Å². The van der Waals surface area contributed by atoms with Gasteiger partial charge >= 0.3 is 0 Å². The van der Waals surface area contributed by atoms with Crippen LogP contribution in [0.25, 0.3) is 0 Å². The minimum atomic E-state index is 0.141. The summed E-state index contributed by atoms with van der Waals surface area (Å²) in [6, 6.07) is 7.85. The Morgan fingerprint density at radius 2 is 2.21 bits per heavy atom. The molecule has 1 aromatic rings. The van der Waals surface area contributed by atoms with Crippen molar-refractivity contribution in [2.45, 2.75) is 26.3 Å². The first-order valence-electron chi connectivity index (χ1n) is 6.97. The molecule has 1 saturated heterocycles. The van der Waals surface area contributed by atoms with Gasteiger partial charge in [-0.05, 0) is 50.0 Å². The standard InChI is InChI=1S/C15H22N2O2/c1-2-19-14-5-3-12(4-6-14)11-17-15(18)9-13-7-8-16-10-13/h3-6,13,16H,2,7-11H2,1H3,(H,17,18). The first-order chi connectivity index (χ1) is 9.28. The molecule has 0 radical (unpaired) electrons. The molecule has 0 saturated carbocycles. The molecule has 0 aromatic heterocycles. The van der Waals surface area contributed by atoms with Crippen LogP contribution in [0.1, 0.15) is 25.3 Å². The van der Waals surface area contributed by atoms with E-state index in [-0.39, 0.29) is 5.91 Å². The summed E-state index contributed by atoms with van der Waals surface area (Å²) in [4.78, 5) is 11.8. The topological polar surface area (TPSA) is 50.4 Å². The van der Waals surface area contributed by atoms with Crippen molar-refractivity contribution in [1.29, 1.82) is 0 Å². The highest BCUT2D eigenvalue weighted by Gasteiger charge is 2.17. The van der Waals surface area contributed by atoms with Crippen LogP contribution in [0.2, 0.25) is 0 Å². The number of amides is 1. The van der Waals surface area contributed by atoms with Crippen molar-refractivity contribution < 1.29 is 9.53 Å². The predicted molar refractivity (Wildman–Crippen MR) is 75.1 cm³/mol. The molecule has 1 amide bonds. The van der Waals surface area contributed by atoms with Gasteiger partial charge in [0.2, 0.25) is 5.91 Å². The Morgan fingerprint density at radius 1 is 1.42 bits per heavy atom. The average Bonchev–Trinajstić information content (AvgIpc) is 2.91. The van der Waals surface area contributed by atoms with Crippen LogP contribution in [0.3, 0.4) is 0 Å². The molecule has 0 bridgehead atoms. The lowest BCUT2D eigenvalue weighted by molar-refractivity contribution is -0.122. The molecule has 1 aliphatic heterocycles. The third-order valence-corrected chi connectivity index (χ3v) is 3.36. The van der Waals surface area contributed by atoms with E-state index in [1.807, 2.05) is 31.2 Å². The second-order valence-corrected chi connectivity index (χ2v) is 4.92. The Morgan fingerprint density at radius 3 is 2.84 bits per heavy atom. The quantitative estimate of drug-likeness (QED) is 0.820. The zero-order valence-electron chi connectivity index (χ0n) is 11.4. The Kier molecular flexibility index (Phi) is 5.21. The van der Waals surface area contributed by atoms with E-state index in [1.165, 1.54) is 0 Å². The molecule has 1 atom stereocenters. The summed E-state index contributed by atoms with van der Waals surface area (Å²) in [6.07, 6.45) is 1.74. The zero-order chi connectivity index (χ0) is 13.5. The molecule has 4 nitrogen and oxygen atoms in total. The maximum absolute atomic E-state index is 11.8. The summed E-state index contributed by atoms with van der Waals surface area (Å²) in [5.41, 5.74) is 1.10. The van der Waals surface area contributed by atoms with Gasteiger partial charge in [-0.25, -0.2) is 0 Å². The number of ether oxygens (including phenoxy) is 1. The maximum atomic E-state index is 11.8. The lowest BCUT2D eigenvalue weighted by Gasteiger charge is -2.09. The van der Waals surface area contributed by atoms with Crippen molar-refractivity contribution in [3.05, 3.63) is 29.8 Å². The van der Waals surface area contributed by atoms with Crippen LogP contribution in [-0.4, -0.2) is 25.6 Å². The number of rotatable bonds is 6. The smallest absolute Gasteiger partial charge is 0.220 e. The summed E-state index contributed by atoms with van der Waals surface area (Å²) in [5, 5.41) is 6.25. The van der Waals surface area contributed by atoms with Crippen LogP contribution < -0.4 is 15.4 Å². The number of hydrogen-bond acceptors (Lipinski definition) is 3. The number of benzene rings is 1. The summed E-state index contributed by atoms with van der Waals surface area (Å²) < 4.78 is 5.38. The molecule has 1 unspecified atom stereocenters. The SMILES string of the molecule is CCOc1ccc(CNC(=O)CC2CCNC2)cc1. The van der Waals surface area contributed by atoms with Crippen LogP contribution in [0.15, 0.2) is 24.3 Å². The molecule has 19 heavy (non-hydrogen) atoms. The molecular weight excluding hydrogens is 240 g/mol. The Bertz CT molecular complexity index is 397. The van der Waals surface area contributed by atoms with Crippen molar-refractivity contribution in [3.8, 4) is 5.75 Å². The maximum Gasteiger partial charge on any atom is 0.220 e. The van der Waals surface area contributed by atoms with E-state index < -0.39 is 0 Å². The number of carbonyl (C=O) groups is 1. The molecule has 0 spiro atoms. The van der Waals surface area contributed by atoms with Gasteiger partial charge in [0, 0.05) is 13.0 Å². The highest BCUT2D eigenvalue weighted by atomic mass is 16.5. The number of carbonyl (C=O) groups excluding carboxylic acids is 1. The normalized spacial score (nSPS) is 18.3. The molecule has 2 N–H and O–H groups in total. The van der Waals surface area contributed by atoms with Gasteiger partial charge in [0.15, 0.2) is 0 Å². The Balaban J connectivity index is 1.73. The van der Waals surface area contributed by atoms with E-state index in [0.717, 1.165) is 30.8 Å². The summed E-state index contributed by atoms with van der Waals surface area (Å²) >= 11 is 0. The fourth-order valence-corrected chi connectivity index (χ4v) is 2.29. The van der Waals surface area contributed by atoms with E-state index in [0.29, 0.717) is 25.5 Å². The molecule has 2 rings (SSSR count). The van der Waals surface area contributed by atoms with E-state index >= 15 is 0 Å². The van der Waals surface area contributed by atoms with Crippen molar-refractivity contribution in [1.82, 2.24) is 10.6 Å². The predicted octanol–water partition coefficient (Wildman–Crippen LogP) is 1.70. The van der Waals surface area contributed by atoms with Gasteiger partial charge in [-0.1, -0.05) is 12.1 Å². The highest BCUT2D eigenvalue weighted by molar-refractivity contribution is 5.76. The van der Waals surface area contributed by atoms with E-state index in [2.05, 4.69) is 10.6 Å². The molecule has 104 valence electrons. The summed E-state index contributed by atoms with van der Waals surface area (Å²) in [7, 11) is 0. The van der Waals surface area contributed by atoms with Crippen LogP contribution in [-0.2, 0) is 11.3 Å². The van der Waals surface area contributed by atoms with Gasteiger partial charge in [0.1, 0.15) is 5.75 Å². The largest absolute Gasteiger partial charge is 0.494 e. The van der Waals surface area contributed by atoms with Crippen molar-refractivity contribution in [2.75, 3.05) is 19.7 Å². The van der Waals surface area contributed by atoms with Gasteiger partial charge in [0.25, 0.3) is 0 Å². The second-order valence-electron chi connectivity index (χ2n) is 4.92. The van der Waals surface area contributed by atoms with Gasteiger partial charge < -0.3 is 15.4 Å². The zero-order valence-corrected chi connectivity index (χ0v) is 11.4. The number of hydrogen-bond donors (Lipinski definition) is 2. The van der Waals surface area contributed by atoms with E-state index in [9.17, 15) is 4.79 Å². The Labute approximate surface area is 114 Å². The highest BCUT2D eigenvalue weighted by Crippen LogP contribution is 2.13. The fourth-order valence-electron chi connectivity index (χ4n) is 2.29. The number of nitrogens with one attached hydrogen (secondary N) is 2. The lowest BCUT2D eigenvalue weighted by atomic mass is 10.0. The van der Waals surface area contributed by atoms with Gasteiger partial charge in [0.05, 0.1) is 6.61 Å². The van der Waals surface area contributed by atoms with E-state index in [4.69, 9.17) is 4.74 Å². The van der Waals surface area contributed by atoms with Crippen LogP contribution in [0.4, 0.5) is 0 Å². The van der Waals surface area contributed by atoms with Crippen molar-refractivity contribution >= 4 is 5.91 Å². The third kappa shape index (κ3) is 4.56. The average molecular weight is 262 g/mol. The Hall–Kier alpha value is -1.55. The lowest BCUT2D eigenvalue weighted by Crippen LogP contribution is -2.25.